The third-order valence-electron chi connectivity index (χ3n) is 6.00. The summed E-state index contributed by atoms with van der Waals surface area (Å²) in [6.45, 7) is 3.73. The first-order valence-corrected chi connectivity index (χ1v) is 8.83. The average Bonchev–Trinajstić information content (AvgIpc) is 3.23. The van der Waals surface area contributed by atoms with Crippen molar-refractivity contribution in [2.45, 2.75) is 38.4 Å². The summed E-state index contributed by atoms with van der Waals surface area (Å²) < 4.78 is 14.4. The molecule has 0 bridgehead atoms. The molecule has 0 N–H and O–H groups in total. The van der Waals surface area contributed by atoms with Gasteiger partial charge in [0.2, 0.25) is 0 Å². The molecule has 1 unspecified atom stereocenters. The fourth-order valence-corrected chi connectivity index (χ4v) is 4.71. The lowest BCUT2D eigenvalue weighted by Crippen LogP contribution is -2.53. The Bertz CT molecular complexity index is 802. The quantitative estimate of drug-likeness (QED) is 0.802. The fourth-order valence-electron chi connectivity index (χ4n) is 4.71. The Balaban J connectivity index is 1.62. The molecule has 2 heterocycles. The van der Waals surface area contributed by atoms with Crippen LogP contribution in [-0.2, 0) is 15.9 Å². The Hall–Kier alpha value is -1.91. The van der Waals surface area contributed by atoms with Crippen molar-refractivity contribution >= 4 is 6.08 Å². The monoisotopic (exact) mass is 322 g/mol. The maximum absolute atomic E-state index is 6.17. The summed E-state index contributed by atoms with van der Waals surface area (Å²) in [7, 11) is 0. The van der Waals surface area contributed by atoms with Crippen LogP contribution in [0.25, 0.3) is 11.8 Å². The molecule has 1 atom stereocenters. The van der Waals surface area contributed by atoms with Gasteiger partial charge < -0.3 is 9.47 Å². The first-order chi connectivity index (χ1) is 11.7. The van der Waals surface area contributed by atoms with E-state index in [1.807, 2.05) is 12.3 Å². The van der Waals surface area contributed by atoms with Gasteiger partial charge in [0.1, 0.15) is 0 Å². The highest BCUT2D eigenvalue weighted by Crippen LogP contribution is 2.56. The molecule has 1 saturated carbocycles. The maximum Gasteiger partial charge on any atom is 0.177 e. The zero-order valence-electron chi connectivity index (χ0n) is 14.0. The maximum atomic E-state index is 6.17. The van der Waals surface area contributed by atoms with Crippen molar-refractivity contribution in [2.75, 3.05) is 13.2 Å². The van der Waals surface area contributed by atoms with E-state index < -0.39 is 5.79 Å². The minimum absolute atomic E-state index is 0.0840. The van der Waals surface area contributed by atoms with Crippen LogP contribution in [0.2, 0.25) is 0 Å². The number of hydrogen-bond acceptors (Lipinski definition) is 3. The Morgan fingerprint density at radius 2 is 1.92 bits per heavy atom. The smallest absolute Gasteiger partial charge is 0.177 e. The van der Waals surface area contributed by atoms with Gasteiger partial charge in [-0.2, -0.15) is 5.10 Å². The lowest BCUT2D eigenvalue weighted by atomic mass is 9.62. The highest BCUT2D eigenvalue weighted by atomic mass is 16.7. The molecule has 1 spiro atoms. The zero-order chi connectivity index (χ0) is 16.2. The van der Waals surface area contributed by atoms with Crippen LogP contribution in [0.1, 0.15) is 37.4 Å². The van der Waals surface area contributed by atoms with Crippen molar-refractivity contribution in [3.8, 4) is 5.69 Å². The molecule has 2 fully saturated rings. The van der Waals surface area contributed by atoms with Crippen LogP contribution < -0.4 is 0 Å². The van der Waals surface area contributed by atoms with Crippen LogP contribution in [0.3, 0.4) is 0 Å². The normalized spacial score (nSPS) is 27.6. The summed E-state index contributed by atoms with van der Waals surface area (Å²) in [5.74, 6) is -0.441. The Morgan fingerprint density at radius 3 is 2.71 bits per heavy atom. The molecule has 124 valence electrons. The summed E-state index contributed by atoms with van der Waals surface area (Å²) in [5, 5.41) is 4.66. The number of aromatic nitrogens is 2. The van der Waals surface area contributed by atoms with Crippen LogP contribution >= 0.6 is 0 Å². The highest BCUT2D eigenvalue weighted by Gasteiger charge is 2.57. The van der Waals surface area contributed by atoms with Gasteiger partial charge in [0, 0.05) is 11.8 Å². The molecule has 0 amide bonds. The molecular formula is C20H22N2O2. The Kier molecular flexibility index (Phi) is 3.03. The number of hydrogen-bond donors (Lipinski definition) is 0. The van der Waals surface area contributed by atoms with Gasteiger partial charge in [-0.3, -0.25) is 0 Å². The molecule has 3 aliphatic rings. The van der Waals surface area contributed by atoms with Crippen molar-refractivity contribution < 1.29 is 9.47 Å². The summed E-state index contributed by atoms with van der Waals surface area (Å²) in [6, 6.07) is 10.4. The van der Waals surface area contributed by atoms with Crippen molar-refractivity contribution in [3.05, 3.63) is 53.4 Å². The van der Waals surface area contributed by atoms with Crippen molar-refractivity contribution in [1.29, 1.82) is 0 Å². The van der Waals surface area contributed by atoms with Gasteiger partial charge in [0.05, 0.1) is 30.8 Å². The Morgan fingerprint density at radius 1 is 1.12 bits per heavy atom. The van der Waals surface area contributed by atoms with E-state index in [1.165, 1.54) is 16.8 Å². The number of ether oxygens (including phenoxy) is 2. The van der Waals surface area contributed by atoms with Gasteiger partial charge in [-0.25, -0.2) is 4.68 Å². The van der Waals surface area contributed by atoms with Crippen LogP contribution in [-0.4, -0.2) is 28.8 Å². The molecule has 1 aromatic carbocycles. The van der Waals surface area contributed by atoms with Gasteiger partial charge in [0.15, 0.2) is 5.79 Å². The Labute approximate surface area is 142 Å². The standard InChI is InChI=1S/C20H22N2O2/c1-19-13-15-14-21-22(17-7-3-2-4-8-17)18(15)12-16(19)6-5-9-20(19)23-10-11-24-20/h2-4,7-8,12,14H,5-6,9-11,13H2,1H3. The molecule has 1 aromatic heterocycles. The second-order valence-corrected chi connectivity index (χ2v) is 7.28. The molecule has 2 aromatic rings. The predicted octanol–water partition coefficient (Wildman–Crippen LogP) is 3.75. The topological polar surface area (TPSA) is 36.3 Å². The first kappa shape index (κ1) is 14.4. The minimum atomic E-state index is -0.441. The van der Waals surface area contributed by atoms with Crippen molar-refractivity contribution in [3.63, 3.8) is 0 Å². The van der Waals surface area contributed by atoms with Gasteiger partial charge >= 0.3 is 0 Å². The van der Waals surface area contributed by atoms with E-state index in [0.29, 0.717) is 13.2 Å². The third kappa shape index (κ3) is 1.84. The van der Waals surface area contributed by atoms with Crippen LogP contribution in [0.15, 0.2) is 42.1 Å². The summed E-state index contributed by atoms with van der Waals surface area (Å²) in [4.78, 5) is 0. The molecular weight excluding hydrogens is 300 g/mol. The van der Waals surface area contributed by atoms with Crippen LogP contribution in [0.5, 0.6) is 0 Å². The second-order valence-electron chi connectivity index (χ2n) is 7.28. The van der Waals surface area contributed by atoms with Crippen molar-refractivity contribution in [2.24, 2.45) is 5.41 Å². The van der Waals surface area contributed by atoms with Gasteiger partial charge in [-0.05, 0) is 43.0 Å². The van der Waals surface area contributed by atoms with Crippen LogP contribution in [0.4, 0.5) is 0 Å². The zero-order valence-corrected chi connectivity index (χ0v) is 14.0. The predicted molar refractivity (Wildman–Crippen MR) is 91.8 cm³/mol. The number of para-hydroxylation sites is 1. The number of benzene rings is 1. The number of nitrogens with zero attached hydrogens (tertiary/aromatic N) is 2. The molecule has 4 nitrogen and oxygen atoms in total. The number of rotatable bonds is 1. The first-order valence-electron chi connectivity index (χ1n) is 8.83. The van der Waals surface area contributed by atoms with E-state index in [9.17, 15) is 0 Å². The largest absolute Gasteiger partial charge is 0.347 e. The third-order valence-corrected chi connectivity index (χ3v) is 6.00. The lowest BCUT2D eigenvalue weighted by Gasteiger charge is -2.50. The molecule has 24 heavy (non-hydrogen) atoms. The highest BCUT2D eigenvalue weighted by molar-refractivity contribution is 5.61. The van der Waals surface area contributed by atoms with Gasteiger partial charge in [-0.1, -0.05) is 30.7 Å². The molecule has 5 rings (SSSR count). The molecule has 2 aliphatic carbocycles. The van der Waals surface area contributed by atoms with E-state index in [1.54, 1.807) is 0 Å². The fraction of sp³-hybridized carbons (Fsp3) is 0.450. The summed E-state index contributed by atoms with van der Waals surface area (Å²) in [5.41, 5.74) is 4.97. The van der Waals surface area contributed by atoms with Gasteiger partial charge in [-0.15, -0.1) is 0 Å². The summed E-state index contributed by atoms with van der Waals surface area (Å²) >= 11 is 0. The van der Waals surface area contributed by atoms with E-state index in [2.05, 4.69) is 47.0 Å². The molecule has 1 saturated heterocycles. The van der Waals surface area contributed by atoms with Crippen LogP contribution in [0, 0.1) is 5.41 Å². The minimum Gasteiger partial charge on any atom is -0.347 e. The number of fused-ring (bicyclic) bond motifs is 3. The van der Waals surface area contributed by atoms with E-state index in [4.69, 9.17) is 9.47 Å². The molecule has 4 heteroatoms. The second kappa shape index (κ2) is 5.04. The molecule has 1 aliphatic heterocycles. The van der Waals surface area contributed by atoms with E-state index in [-0.39, 0.29) is 5.41 Å². The van der Waals surface area contributed by atoms with Gasteiger partial charge in [0.25, 0.3) is 0 Å². The lowest BCUT2D eigenvalue weighted by molar-refractivity contribution is -0.234. The van der Waals surface area contributed by atoms with Crippen molar-refractivity contribution in [1.82, 2.24) is 9.78 Å². The summed E-state index contributed by atoms with van der Waals surface area (Å²) in [6.07, 6.45) is 8.51. The SMILES string of the molecule is CC12Cc3cnn(-c4ccccc4)c3C=C1CCCC21OCCO1. The van der Waals surface area contributed by atoms with E-state index in [0.717, 1.165) is 31.4 Å². The van der Waals surface area contributed by atoms with E-state index >= 15 is 0 Å². The average molecular weight is 322 g/mol. The molecule has 0 radical (unpaired) electrons.